The van der Waals surface area contributed by atoms with Gasteiger partial charge in [-0.2, -0.15) is 0 Å². The summed E-state index contributed by atoms with van der Waals surface area (Å²) in [6, 6.07) is 8.18. The molecule has 122 valence electrons. The highest BCUT2D eigenvalue weighted by molar-refractivity contribution is 5.93. The fourth-order valence-corrected chi connectivity index (χ4v) is 2.20. The Labute approximate surface area is 133 Å². The van der Waals surface area contributed by atoms with Crippen LogP contribution < -0.4 is 10.2 Å². The second kappa shape index (κ2) is 8.57. The van der Waals surface area contributed by atoms with Crippen molar-refractivity contribution in [2.24, 2.45) is 0 Å². The summed E-state index contributed by atoms with van der Waals surface area (Å²) in [5.41, 5.74) is 2.12. The predicted molar refractivity (Wildman–Crippen MR) is 91.1 cm³/mol. The van der Waals surface area contributed by atoms with E-state index in [1.54, 1.807) is 11.9 Å². The van der Waals surface area contributed by atoms with Crippen LogP contribution >= 0.6 is 0 Å². The molecule has 0 heterocycles. The number of anilines is 1. The molecule has 1 aromatic rings. The Morgan fingerprint density at radius 1 is 1.14 bits per heavy atom. The molecule has 22 heavy (non-hydrogen) atoms. The average Bonchev–Trinajstić information content (AvgIpc) is 2.45. The lowest BCUT2D eigenvalue weighted by Gasteiger charge is -2.19. The second-order valence-corrected chi connectivity index (χ2v) is 6.28. The molecule has 0 unspecified atom stereocenters. The fraction of sp³-hybridized carbons (Fsp3) is 0.556. The summed E-state index contributed by atoms with van der Waals surface area (Å²) < 4.78 is 0. The summed E-state index contributed by atoms with van der Waals surface area (Å²) in [6.45, 7) is 8.12. The first-order chi connectivity index (χ1) is 10.3. The van der Waals surface area contributed by atoms with E-state index in [9.17, 15) is 9.59 Å². The van der Waals surface area contributed by atoms with Gasteiger partial charge in [0.05, 0.1) is 0 Å². The molecule has 0 bridgehead atoms. The van der Waals surface area contributed by atoms with Crippen molar-refractivity contribution in [3.63, 3.8) is 0 Å². The Morgan fingerprint density at radius 2 is 1.82 bits per heavy atom. The quantitative estimate of drug-likeness (QED) is 0.838. The lowest BCUT2D eigenvalue weighted by Crippen LogP contribution is -2.30. The van der Waals surface area contributed by atoms with Crippen LogP contribution in [0.4, 0.5) is 5.69 Å². The first kappa shape index (κ1) is 18.2. The minimum Gasteiger partial charge on any atom is -0.354 e. The molecule has 1 rings (SSSR count). The van der Waals surface area contributed by atoms with Crippen LogP contribution in [0.5, 0.6) is 0 Å². The standard InChI is InChI=1S/C18H28N2O2/c1-13(2)15-8-6-9-16(12-15)20(5)18(22)11-7-10-17(21)19-14(3)4/h6,8-9,12-14H,7,10-11H2,1-5H3,(H,19,21). The summed E-state index contributed by atoms with van der Waals surface area (Å²) >= 11 is 0. The number of amides is 2. The number of carbonyl (C=O) groups excluding carboxylic acids is 2. The van der Waals surface area contributed by atoms with Gasteiger partial charge in [-0.15, -0.1) is 0 Å². The van der Waals surface area contributed by atoms with Crippen molar-refractivity contribution < 1.29 is 9.59 Å². The molecule has 0 atom stereocenters. The van der Waals surface area contributed by atoms with E-state index in [0.717, 1.165) is 5.69 Å². The summed E-state index contributed by atoms with van der Waals surface area (Å²) in [7, 11) is 1.79. The van der Waals surface area contributed by atoms with Gasteiger partial charge in [-0.05, 0) is 43.9 Å². The molecule has 1 N–H and O–H groups in total. The third-order valence-corrected chi connectivity index (χ3v) is 3.54. The Hall–Kier alpha value is -1.84. The predicted octanol–water partition coefficient (Wildman–Crippen LogP) is 3.47. The molecule has 0 aliphatic rings. The lowest BCUT2D eigenvalue weighted by atomic mass is 10.0. The van der Waals surface area contributed by atoms with Gasteiger partial charge in [0.1, 0.15) is 0 Å². The van der Waals surface area contributed by atoms with E-state index in [2.05, 4.69) is 25.2 Å². The van der Waals surface area contributed by atoms with Crippen LogP contribution in [-0.4, -0.2) is 24.9 Å². The molecule has 4 nitrogen and oxygen atoms in total. The van der Waals surface area contributed by atoms with Gasteiger partial charge in [-0.1, -0.05) is 26.0 Å². The van der Waals surface area contributed by atoms with Crippen molar-refractivity contribution >= 4 is 17.5 Å². The van der Waals surface area contributed by atoms with Crippen LogP contribution in [0.2, 0.25) is 0 Å². The van der Waals surface area contributed by atoms with Crippen LogP contribution in [0.25, 0.3) is 0 Å². The van der Waals surface area contributed by atoms with E-state index in [1.807, 2.05) is 32.0 Å². The molecule has 0 saturated heterocycles. The number of hydrogen-bond acceptors (Lipinski definition) is 2. The van der Waals surface area contributed by atoms with Gasteiger partial charge < -0.3 is 10.2 Å². The third kappa shape index (κ3) is 5.88. The molecule has 0 fully saturated rings. The molecule has 0 aromatic heterocycles. The Balaban J connectivity index is 2.51. The van der Waals surface area contributed by atoms with Gasteiger partial charge in [-0.25, -0.2) is 0 Å². The SMILES string of the molecule is CC(C)NC(=O)CCCC(=O)N(C)c1cccc(C(C)C)c1. The lowest BCUT2D eigenvalue weighted by molar-refractivity contribution is -0.122. The maximum Gasteiger partial charge on any atom is 0.226 e. The van der Waals surface area contributed by atoms with Gasteiger partial charge >= 0.3 is 0 Å². The highest BCUT2D eigenvalue weighted by Crippen LogP contribution is 2.21. The van der Waals surface area contributed by atoms with Gasteiger partial charge in [0.15, 0.2) is 0 Å². The molecule has 1 aromatic carbocycles. The zero-order valence-electron chi connectivity index (χ0n) is 14.3. The molecule has 4 heteroatoms. The van der Waals surface area contributed by atoms with Gasteiger partial charge in [-0.3, -0.25) is 9.59 Å². The number of benzene rings is 1. The Morgan fingerprint density at radius 3 is 2.41 bits per heavy atom. The van der Waals surface area contributed by atoms with Gasteiger partial charge in [0, 0.05) is 31.6 Å². The summed E-state index contributed by atoms with van der Waals surface area (Å²) in [5, 5.41) is 2.83. The molecular formula is C18H28N2O2. The number of hydrogen-bond donors (Lipinski definition) is 1. The average molecular weight is 304 g/mol. The maximum atomic E-state index is 12.2. The van der Waals surface area contributed by atoms with E-state index < -0.39 is 0 Å². The van der Waals surface area contributed by atoms with Crippen molar-refractivity contribution in [3.8, 4) is 0 Å². The van der Waals surface area contributed by atoms with Crippen molar-refractivity contribution in [1.82, 2.24) is 5.32 Å². The van der Waals surface area contributed by atoms with Crippen LogP contribution in [0.1, 0.15) is 58.4 Å². The maximum absolute atomic E-state index is 12.2. The largest absolute Gasteiger partial charge is 0.354 e. The smallest absolute Gasteiger partial charge is 0.226 e. The van der Waals surface area contributed by atoms with Gasteiger partial charge in [0.2, 0.25) is 11.8 Å². The van der Waals surface area contributed by atoms with Crippen molar-refractivity contribution in [2.45, 2.75) is 58.9 Å². The minimum absolute atomic E-state index is 0.00672. The number of nitrogens with one attached hydrogen (secondary N) is 1. The zero-order chi connectivity index (χ0) is 16.7. The van der Waals surface area contributed by atoms with Crippen molar-refractivity contribution in [1.29, 1.82) is 0 Å². The molecule has 0 aliphatic heterocycles. The van der Waals surface area contributed by atoms with Crippen LogP contribution in [0.3, 0.4) is 0 Å². The monoisotopic (exact) mass is 304 g/mol. The summed E-state index contributed by atoms with van der Waals surface area (Å²) in [4.78, 5) is 25.5. The number of rotatable bonds is 7. The first-order valence-electron chi connectivity index (χ1n) is 7.97. The molecule has 0 radical (unpaired) electrons. The summed E-state index contributed by atoms with van der Waals surface area (Å²) in [5.74, 6) is 0.480. The second-order valence-electron chi connectivity index (χ2n) is 6.28. The first-order valence-corrected chi connectivity index (χ1v) is 7.97. The van der Waals surface area contributed by atoms with Crippen molar-refractivity contribution in [3.05, 3.63) is 29.8 Å². The van der Waals surface area contributed by atoms with E-state index >= 15 is 0 Å². The zero-order valence-corrected chi connectivity index (χ0v) is 14.3. The van der Waals surface area contributed by atoms with E-state index in [0.29, 0.717) is 25.2 Å². The normalized spacial score (nSPS) is 10.9. The van der Waals surface area contributed by atoms with Crippen molar-refractivity contribution in [2.75, 3.05) is 11.9 Å². The molecule has 0 aliphatic carbocycles. The van der Waals surface area contributed by atoms with Gasteiger partial charge in [0.25, 0.3) is 0 Å². The van der Waals surface area contributed by atoms with Crippen LogP contribution in [-0.2, 0) is 9.59 Å². The molecule has 0 spiro atoms. The summed E-state index contributed by atoms with van der Waals surface area (Å²) in [6.07, 6.45) is 1.35. The topological polar surface area (TPSA) is 49.4 Å². The van der Waals surface area contributed by atoms with Crippen LogP contribution in [0.15, 0.2) is 24.3 Å². The van der Waals surface area contributed by atoms with E-state index in [1.165, 1.54) is 5.56 Å². The van der Waals surface area contributed by atoms with E-state index in [4.69, 9.17) is 0 Å². The highest BCUT2D eigenvalue weighted by atomic mass is 16.2. The molecule has 0 saturated carbocycles. The number of nitrogens with zero attached hydrogens (tertiary/aromatic N) is 1. The fourth-order valence-electron chi connectivity index (χ4n) is 2.20. The third-order valence-electron chi connectivity index (χ3n) is 3.54. The molecule has 2 amide bonds. The minimum atomic E-state index is 0.00672. The van der Waals surface area contributed by atoms with E-state index in [-0.39, 0.29) is 17.9 Å². The molecular weight excluding hydrogens is 276 g/mol. The highest BCUT2D eigenvalue weighted by Gasteiger charge is 2.13. The Bertz CT molecular complexity index is 510. The van der Waals surface area contributed by atoms with Crippen LogP contribution in [0, 0.1) is 0 Å². The Kier molecular flexibility index (Phi) is 7.09. The number of carbonyl (C=O) groups is 2.